The van der Waals surface area contributed by atoms with E-state index in [1.807, 2.05) is 24.3 Å². The Labute approximate surface area is 125 Å². The Morgan fingerprint density at radius 1 is 1.14 bits per heavy atom. The van der Waals surface area contributed by atoms with Gasteiger partial charge in [0, 0.05) is 6.54 Å². The van der Waals surface area contributed by atoms with Crippen molar-refractivity contribution in [3.05, 3.63) is 36.2 Å². The molecule has 1 aliphatic rings. The van der Waals surface area contributed by atoms with E-state index < -0.39 is 0 Å². The Bertz CT molecular complexity index is 620. The summed E-state index contributed by atoms with van der Waals surface area (Å²) >= 11 is 0. The third-order valence-electron chi connectivity index (χ3n) is 4.24. The van der Waals surface area contributed by atoms with Gasteiger partial charge in [-0.1, -0.05) is 44.2 Å². The van der Waals surface area contributed by atoms with Gasteiger partial charge >= 0.3 is 0 Å². The number of hydrogen-bond donors (Lipinski definition) is 1. The number of hydrogen-bond acceptors (Lipinski definition) is 3. The number of benzene rings is 1. The van der Waals surface area contributed by atoms with E-state index in [4.69, 9.17) is 0 Å². The van der Waals surface area contributed by atoms with Gasteiger partial charge < -0.3 is 5.32 Å². The highest BCUT2D eigenvalue weighted by Crippen LogP contribution is 2.25. The van der Waals surface area contributed by atoms with Crippen molar-refractivity contribution < 1.29 is 4.79 Å². The van der Waals surface area contributed by atoms with Crippen LogP contribution < -0.4 is 5.32 Å². The summed E-state index contributed by atoms with van der Waals surface area (Å²) in [7, 11) is 0. The first kappa shape index (κ1) is 14.0. The zero-order valence-corrected chi connectivity index (χ0v) is 12.2. The molecular weight excluding hydrogens is 262 g/mol. The lowest BCUT2D eigenvalue weighted by Gasteiger charge is -2.21. The zero-order chi connectivity index (χ0) is 14.5. The summed E-state index contributed by atoms with van der Waals surface area (Å²) in [4.78, 5) is 20.8. The monoisotopic (exact) mass is 283 g/mol. The maximum absolute atomic E-state index is 12.1. The molecule has 0 radical (unpaired) electrons. The van der Waals surface area contributed by atoms with Crippen molar-refractivity contribution in [2.75, 3.05) is 6.54 Å². The summed E-state index contributed by atoms with van der Waals surface area (Å²) in [6.07, 6.45) is 9.31. The molecule has 4 heteroatoms. The standard InChI is InChI=1S/C17H21N3O/c21-17(18-11-10-13-6-2-1-3-7-13)16-12-19-14-8-4-5-9-15(14)20-16/h4-5,8-9,12-13H,1-3,6-7,10-11H2,(H,18,21). The highest BCUT2D eigenvalue weighted by molar-refractivity contribution is 5.93. The van der Waals surface area contributed by atoms with Gasteiger partial charge in [-0.3, -0.25) is 9.78 Å². The van der Waals surface area contributed by atoms with Crippen molar-refractivity contribution in [2.24, 2.45) is 5.92 Å². The summed E-state index contributed by atoms with van der Waals surface area (Å²) in [6.45, 7) is 0.734. The lowest BCUT2D eigenvalue weighted by Crippen LogP contribution is -2.27. The quantitative estimate of drug-likeness (QED) is 0.936. The van der Waals surface area contributed by atoms with Crippen LogP contribution in [0.15, 0.2) is 30.5 Å². The van der Waals surface area contributed by atoms with Crippen molar-refractivity contribution in [3.63, 3.8) is 0 Å². The molecule has 110 valence electrons. The number of nitrogens with zero attached hydrogens (tertiary/aromatic N) is 2. The molecule has 0 aliphatic heterocycles. The molecule has 2 aromatic rings. The van der Waals surface area contributed by atoms with Crippen molar-refractivity contribution in [2.45, 2.75) is 38.5 Å². The van der Waals surface area contributed by atoms with E-state index in [0.717, 1.165) is 29.9 Å². The van der Waals surface area contributed by atoms with Crippen LogP contribution in [0.4, 0.5) is 0 Å². The number of amides is 1. The molecule has 1 aromatic carbocycles. The molecule has 1 saturated carbocycles. The Morgan fingerprint density at radius 2 is 1.90 bits per heavy atom. The van der Waals surface area contributed by atoms with Crippen LogP contribution in [0.25, 0.3) is 11.0 Å². The van der Waals surface area contributed by atoms with Crippen LogP contribution >= 0.6 is 0 Å². The summed E-state index contributed by atoms with van der Waals surface area (Å²) in [5.41, 5.74) is 1.98. The van der Waals surface area contributed by atoms with Gasteiger partial charge in [0.25, 0.3) is 5.91 Å². The van der Waals surface area contributed by atoms with Gasteiger partial charge in [0.2, 0.25) is 0 Å². The predicted molar refractivity (Wildman–Crippen MR) is 83.1 cm³/mol. The van der Waals surface area contributed by atoms with Crippen molar-refractivity contribution >= 4 is 16.9 Å². The number of carbonyl (C=O) groups excluding carboxylic acids is 1. The number of para-hydroxylation sites is 2. The average Bonchev–Trinajstić information content (AvgIpc) is 2.55. The number of carbonyl (C=O) groups is 1. The Balaban J connectivity index is 1.56. The van der Waals surface area contributed by atoms with E-state index in [-0.39, 0.29) is 5.91 Å². The van der Waals surface area contributed by atoms with Crippen LogP contribution in [0.1, 0.15) is 49.0 Å². The first-order valence-corrected chi connectivity index (χ1v) is 7.83. The fraction of sp³-hybridized carbons (Fsp3) is 0.471. The van der Waals surface area contributed by atoms with Gasteiger partial charge in [-0.15, -0.1) is 0 Å². The van der Waals surface area contributed by atoms with Crippen molar-refractivity contribution in [1.29, 1.82) is 0 Å². The summed E-state index contributed by atoms with van der Waals surface area (Å²) in [5, 5.41) is 2.97. The molecule has 1 aliphatic carbocycles. The summed E-state index contributed by atoms with van der Waals surface area (Å²) < 4.78 is 0. The third kappa shape index (κ3) is 3.57. The first-order valence-electron chi connectivity index (χ1n) is 7.83. The highest BCUT2D eigenvalue weighted by atomic mass is 16.1. The van der Waals surface area contributed by atoms with Crippen molar-refractivity contribution in [3.8, 4) is 0 Å². The van der Waals surface area contributed by atoms with Gasteiger partial charge in [0.15, 0.2) is 0 Å². The van der Waals surface area contributed by atoms with Crippen LogP contribution in [-0.2, 0) is 0 Å². The molecule has 0 spiro atoms. The second-order valence-electron chi connectivity index (χ2n) is 5.79. The fourth-order valence-corrected chi connectivity index (χ4v) is 3.02. The van der Waals surface area contributed by atoms with Gasteiger partial charge in [-0.2, -0.15) is 0 Å². The van der Waals surface area contributed by atoms with Crippen LogP contribution in [0.5, 0.6) is 0 Å². The second-order valence-corrected chi connectivity index (χ2v) is 5.79. The van der Waals surface area contributed by atoms with E-state index in [1.54, 1.807) is 6.20 Å². The lowest BCUT2D eigenvalue weighted by atomic mass is 9.87. The van der Waals surface area contributed by atoms with Crippen molar-refractivity contribution in [1.82, 2.24) is 15.3 Å². The molecule has 1 N–H and O–H groups in total. The molecule has 1 aromatic heterocycles. The first-order chi connectivity index (χ1) is 10.3. The third-order valence-corrected chi connectivity index (χ3v) is 4.24. The smallest absolute Gasteiger partial charge is 0.271 e. The molecule has 0 unspecified atom stereocenters. The highest BCUT2D eigenvalue weighted by Gasteiger charge is 2.14. The zero-order valence-electron chi connectivity index (χ0n) is 12.2. The Kier molecular flexibility index (Phi) is 4.43. The Morgan fingerprint density at radius 3 is 2.71 bits per heavy atom. The van der Waals surface area contributed by atoms with Crippen LogP contribution in [0.2, 0.25) is 0 Å². The number of rotatable bonds is 4. The lowest BCUT2D eigenvalue weighted by molar-refractivity contribution is 0.0945. The average molecular weight is 283 g/mol. The number of nitrogens with one attached hydrogen (secondary N) is 1. The number of fused-ring (bicyclic) bond motifs is 1. The van der Waals surface area contributed by atoms with Crippen LogP contribution in [0, 0.1) is 5.92 Å². The SMILES string of the molecule is O=C(NCCC1CCCCC1)c1cnc2ccccc2n1. The van der Waals surface area contributed by atoms with E-state index in [0.29, 0.717) is 5.69 Å². The van der Waals surface area contributed by atoms with E-state index in [2.05, 4.69) is 15.3 Å². The van der Waals surface area contributed by atoms with Gasteiger partial charge in [0.1, 0.15) is 5.69 Å². The molecule has 1 fully saturated rings. The maximum Gasteiger partial charge on any atom is 0.271 e. The molecule has 1 amide bonds. The Hall–Kier alpha value is -1.97. The maximum atomic E-state index is 12.1. The van der Waals surface area contributed by atoms with Crippen LogP contribution in [-0.4, -0.2) is 22.4 Å². The van der Waals surface area contributed by atoms with E-state index >= 15 is 0 Å². The summed E-state index contributed by atoms with van der Waals surface area (Å²) in [6, 6.07) is 7.59. The number of aromatic nitrogens is 2. The minimum absolute atomic E-state index is 0.121. The fourth-order valence-electron chi connectivity index (χ4n) is 3.02. The molecule has 3 rings (SSSR count). The normalized spacial score (nSPS) is 16.0. The van der Waals surface area contributed by atoms with Gasteiger partial charge in [-0.25, -0.2) is 4.98 Å². The molecule has 0 saturated heterocycles. The largest absolute Gasteiger partial charge is 0.351 e. The molecule has 1 heterocycles. The second kappa shape index (κ2) is 6.66. The van der Waals surface area contributed by atoms with E-state index in [9.17, 15) is 4.79 Å². The molecule has 0 bridgehead atoms. The van der Waals surface area contributed by atoms with Gasteiger partial charge in [0.05, 0.1) is 17.2 Å². The topological polar surface area (TPSA) is 54.9 Å². The minimum atomic E-state index is -0.121. The van der Waals surface area contributed by atoms with Gasteiger partial charge in [-0.05, 0) is 24.5 Å². The molecular formula is C17H21N3O. The van der Waals surface area contributed by atoms with E-state index in [1.165, 1.54) is 32.1 Å². The summed E-state index contributed by atoms with van der Waals surface area (Å²) in [5.74, 6) is 0.658. The minimum Gasteiger partial charge on any atom is -0.351 e. The molecule has 4 nitrogen and oxygen atoms in total. The molecule has 21 heavy (non-hydrogen) atoms. The van der Waals surface area contributed by atoms with Crippen LogP contribution in [0.3, 0.4) is 0 Å². The molecule has 0 atom stereocenters. The predicted octanol–water partition coefficient (Wildman–Crippen LogP) is 3.33.